The van der Waals surface area contributed by atoms with Crippen LogP contribution < -0.4 is 4.74 Å². The van der Waals surface area contributed by atoms with E-state index >= 15 is 0 Å². The standard InChI is InChI=1S/C11H9ClO2/c1-13-7-3-2-6(12)10-8-4-5-9(14-8)11(7)10/h2-5,8-9H,1H3/t8-,9+/m1/s1. The number of fused-ring (bicyclic) bond motifs is 5. The molecule has 2 aliphatic heterocycles. The van der Waals surface area contributed by atoms with Gasteiger partial charge in [0.1, 0.15) is 18.0 Å². The molecule has 0 saturated carbocycles. The van der Waals surface area contributed by atoms with E-state index in [2.05, 4.69) is 0 Å². The van der Waals surface area contributed by atoms with Gasteiger partial charge in [-0.3, -0.25) is 0 Å². The number of hydrogen-bond donors (Lipinski definition) is 0. The van der Waals surface area contributed by atoms with Gasteiger partial charge in [-0.15, -0.1) is 0 Å². The monoisotopic (exact) mass is 208 g/mol. The van der Waals surface area contributed by atoms with Crippen LogP contribution in [0.25, 0.3) is 0 Å². The molecule has 2 aliphatic rings. The highest BCUT2D eigenvalue weighted by molar-refractivity contribution is 6.31. The SMILES string of the molecule is COc1ccc(Cl)c2c1[C@@H]1C=C[C@H]2O1. The van der Waals surface area contributed by atoms with Crippen LogP contribution in [-0.4, -0.2) is 7.11 Å². The van der Waals surface area contributed by atoms with Gasteiger partial charge in [0, 0.05) is 16.1 Å². The minimum Gasteiger partial charge on any atom is -0.496 e. The molecular weight excluding hydrogens is 200 g/mol. The highest BCUT2D eigenvalue weighted by Gasteiger charge is 2.37. The third kappa shape index (κ3) is 0.900. The first kappa shape index (κ1) is 8.33. The summed E-state index contributed by atoms with van der Waals surface area (Å²) in [4.78, 5) is 0. The third-order valence-electron chi connectivity index (χ3n) is 2.74. The van der Waals surface area contributed by atoms with Crippen molar-refractivity contribution in [2.45, 2.75) is 12.2 Å². The molecular formula is C11H9ClO2. The number of benzene rings is 1. The lowest BCUT2D eigenvalue weighted by Crippen LogP contribution is -1.98. The summed E-state index contributed by atoms with van der Waals surface area (Å²) in [5, 5.41) is 0.762. The fraction of sp³-hybridized carbons (Fsp3) is 0.273. The van der Waals surface area contributed by atoms with E-state index in [4.69, 9.17) is 21.1 Å². The molecule has 0 N–H and O–H groups in total. The maximum atomic E-state index is 6.12. The lowest BCUT2D eigenvalue weighted by atomic mass is 9.96. The summed E-state index contributed by atoms with van der Waals surface area (Å²) >= 11 is 6.12. The predicted octanol–water partition coefficient (Wildman–Crippen LogP) is 3.03. The van der Waals surface area contributed by atoms with Crippen LogP contribution in [0.3, 0.4) is 0 Å². The van der Waals surface area contributed by atoms with Crippen LogP contribution in [-0.2, 0) is 4.74 Å². The van der Waals surface area contributed by atoms with Crippen molar-refractivity contribution in [2.24, 2.45) is 0 Å². The van der Waals surface area contributed by atoms with Crippen LogP contribution in [0.4, 0.5) is 0 Å². The Morgan fingerprint density at radius 1 is 1.21 bits per heavy atom. The first-order valence-electron chi connectivity index (χ1n) is 4.51. The third-order valence-corrected chi connectivity index (χ3v) is 3.07. The number of halogens is 1. The van der Waals surface area contributed by atoms with Gasteiger partial charge in [-0.25, -0.2) is 0 Å². The Morgan fingerprint density at radius 3 is 2.64 bits per heavy atom. The fourth-order valence-electron chi connectivity index (χ4n) is 2.13. The second-order valence-corrected chi connectivity index (χ2v) is 3.85. The highest BCUT2D eigenvalue weighted by atomic mass is 35.5. The number of ether oxygens (including phenoxy) is 2. The van der Waals surface area contributed by atoms with Gasteiger partial charge in [-0.05, 0) is 12.1 Å². The first-order chi connectivity index (χ1) is 6.81. The van der Waals surface area contributed by atoms with Crippen molar-refractivity contribution in [2.75, 3.05) is 7.11 Å². The average Bonchev–Trinajstić information content (AvgIpc) is 2.79. The molecule has 0 unspecified atom stereocenters. The molecule has 0 saturated heterocycles. The van der Waals surface area contributed by atoms with Crippen LogP contribution >= 0.6 is 11.6 Å². The second-order valence-electron chi connectivity index (χ2n) is 3.44. The molecule has 14 heavy (non-hydrogen) atoms. The second kappa shape index (κ2) is 2.75. The molecule has 3 rings (SSSR count). The van der Waals surface area contributed by atoms with Crippen molar-refractivity contribution in [3.05, 3.63) is 40.4 Å². The van der Waals surface area contributed by atoms with E-state index in [1.165, 1.54) is 0 Å². The normalized spacial score (nSPS) is 26.7. The first-order valence-corrected chi connectivity index (χ1v) is 4.89. The van der Waals surface area contributed by atoms with Crippen LogP contribution in [0, 0.1) is 0 Å². The fourth-order valence-corrected chi connectivity index (χ4v) is 2.40. The summed E-state index contributed by atoms with van der Waals surface area (Å²) in [6.07, 6.45) is 4.14. The average molecular weight is 209 g/mol. The molecule has 0 fully saturated rings. The van der Waals surface area contributed by atoms with Crippen molar-refractivity contribution < 1.29 is 9.47 Å². The zero-order valence-electron chi connectivity index (χ0n) is 7.66. The van der Waals surface area contributed by atoms with Crippen molar-refractivity contribution in [1.29, 1.82) is 0 Å². The van der Waals surface area contributed by atoms with E-state index in [1.807, 2.05) is 24.3 Å². The van der Waals surface area contributed by atoms with E-state index in [9.17, 15) is 0 Å². The van der Waals surface area contributed by atoms with E-state index in [-0.39, 0.29) is 12.2 Å². The zero-order chi connectivity index (χ0) is 9.71. The van der Waals surface area contributed by atoms with Crippen LogP contribution in [0.5, 0.6) is 5.75 Å². The van der Waals surface area contributed by atoms with Crippen molar-refractivity contribution in [1.82, 2.24) is 0 Å². The smallest absolute Gasteiger partial charge is 0.125 e. The van der Waals surface area contributed by atoms with E-state index in [0.29, 0.717) is 0 Å². The molecule has 2 heterocycles. The lowest BCUT2D eigenvalue weighted by Gasteiger charge is -2.12. The van der Waals surface area contributed by atoms with Gasteiger partial charge in [0.15, 0.2) is 0 Å². The predicted molar refractivity (Wildman–Crippen MR) is 53.7 cm³/mol. The van der Waals surface area contributed by atoms with Crippen molar-refractivity contribution in [3.8, 4) is 5.75 Å². The summed E-state index contributed by atoms with van der Waals surface area (Å²) < 4.78 is 11.0. The maximum Gasteiger partial charge on any atom is 0.125 e. The summed E-state index contributed by atoms with van der Waals surface area (Å²) in [5.74, 6) is 0.862. The van der Waals surface area contributed by atoms with Gasteiger partial charge in [0.25, 0.3) is 0 Å². The summed E-state index contributed by atoms with van der Waals surface area (Å²) in [6, 6.07) is 3.75. The van der Waals surface area contributed by atoms with Gasteiger partial charge in [-0.1, -0.05) is 23.8 Å². The molecule has 2 atom stereocenters. The zero-order valence-corrected chi connectivity index (χ0v) is 8.41. The summed E-state index contributed by atoms with van der Waals surface area (Å²) in [5.41, 5.74) is 2.16. The Morgan fingerprint density at radius 2 is 1.93 bits per heavy atom. The number of hydrogen-bond acceptors (Lipinski definition) is 2. The lowest BCUT2D eigenvalue weighted by molar-refractivity contribution is 0.0870. The molecule has 0 aliphatic carbocycles. The molecule has 2 bridgehead atoms. The summed E-state index contributed by atoms with van der Waals surface area (Å²) in [7, 11) is 1.67. The summed E-state index contributed by atoms with van der Waals surface area (Å²) in [6.45, 7) is 0. The maximum absolute atomic E-state index is 6.12. The number of methoxy groups -OCH3 is 1. The minimum absolute atomic E-state index is 0.0256. The molecule has 0 spiro atoms. The molecule has 2 nitrogen and oxygen atoms in total. The van der Waals surface area contributed by atoms with Crippen LogP contribution in [0.15, 0.2) is 24.3 Å². The van der Waals surface area contributed by atoms with Gasteiger partial charge < -0.3 is 9.47 Å². The Balaban J connectivity index is 2.27. The molecule has 1 aromatic rings. The van der Waals surface area contributed by atoms with E-state index < -0.39 is 0 Å². The van der Waals surface area contributed by atoms with Gasteiger partial charge in [0.05, 0.1) is 7.11 Å². The molecule has 72 valence electrons. The van der Waals surface area contributed by atoms with Crippen molar-refractivity contribution in [3.63, 3.8) is 0 Å². The number of rotatable bonds is 1. The highest BCUT2D eigenvalue weighted by Crippen LogP contribution is 2.51. The Kier molecular flexibility index (Phi) is 1.64. The van der Waals surface area contributed by atoms with Crippen molar-refractivity contribution >= 4 is 11.6 Å². The quantitative estimate of drug-likeness (QED) is 0.661. The Hall–Kier alpha value is -0.990. The van der Waals surface area contributed by atoms with E-state index in [1.54, 1.807) is 7.11 Å². The molecule has 3 heteroatoms. The minimum atomic E-state index is 0.0256. The topological polar surface area (TPSA) is 18.5 Å². The molecule has 0 radical (unpaired) electrons. The van der Waals surface area contributed by atoms with E-state index in [0.717, 1.165) is 21.9 Å². The molecule has 1 aromatic carbocycles. The Labute approximate surface area is 87.1 Å². The van der Waals surface area contributed by atoms with Crippen LogP contribution in [0.2, 0.25) is 5.02 Å². The van der Waals surface area contributed by atoms with Gasteiger partial charge >= 0.3 is 0 Å². The van der Waals surface area contributed by atoms with Gasteiger partial charge in [0.2, 0.25) is 0 Å². The van der Waals surface area contributed by atoms with Gasteiger partial charge in [-0.2, -0.15) is 0 Å². The molecule has 0 aromatic heterocycles. The molecule has 0 amide bonds. The largest absolute Gasteiger partial charge is 0.496 e. The van der Waals surface area contributed by atoms with Crippen LogP contribution in [0.1, 0.15) is 23.3 Å². The Bertz CT molecular complexity index is 426.